The maximum Gasteiger partial charge on any atom is 0.472 e. The van der Waals surface area contributed by atoms with Crippen molar-refractivity contribution in [3.63, 3.8) is 0 Å². The first-order chi connectivity index (χ1) is 24.7. The molecule has 0 bridgehead atoms. The van der Waals surface area contributed by atoms with Crippen LogP contribution in [-0.2, 0) is 32.7 Å². The summed E-state index contributed by atoms with van der Waals surface area (Å²) in [5.74, 6) is -0.967. The van der Waals surface area contributed by atoms with Crippen molar-refractivity contribution in [2.75, 3.05) is 26.4 Å². The average Bonchev–Trinajstić information content (AvgIpc) is 3.12. The summed E-state index contributed by atoms with van der Waals surface area (Å²) in [6.45, 7) is 2.27. The summed E-state index contributed by atoms with van der Waals surface area (Å²) in [5.41, 5.74) is 0. The van der Waals surface area contributed by atoms with Crippen LogP contribution in [0.2, 0.25) is 0 Å². The third-order valence-electron chi connectivity index (χ3n) is 7.99. The Morgan fingerprint density at radius 3 is 1.57 bits per heavy atom. The number of phosphoric ester groups is 1. The van der Waals surface area contributed by atoms with E-state index < -0.39 is 51.8 Å². The maximum absolute atomic E-state index is 12.5. The fraction of sp³-hybridized carbons (Fsp3) is 0.750. The summed E-state index contributed by atoms with van der Waals surface area (Å²) < 4.78 is 32.5. The van der Waals surface area contributed by atoms with Crippen LogP contribution in [0.15, 0.2) is 48.6 Å². The Kier molecular flexibility index (Phi) is 34.8. The number of hydrogen-bond donors (Lipinski definition) is 3. The van der Waals surface area contributed by atoms with Crippen LogP contribution >= 0.6 is 7.82 Å². The number of rotatable bonds is 36. The molecule has 0 saturated carbocycles. The third-order valence-corrected chi connectivity index (χ3v) is 8.94. The largest absolute Gasteiger partial charge is 0.472 e. The predicted octanol–water partition coefficient (Wildman–Crippen LogP) is 9.78. The fourth-order valence-corrected chi connectivity index (χ4v) is 5.71. The molecule has 11 heteroatoms. The van der Waals surface area contributed by atoms with Crippen LogP contribution in [0.4, 0.5) is 0 Å². The van der Waals surface area contributed by atoms with Crippen molar-refractivity contribution < 1.29 is 47.8 Å². The molecule has 0 heterocycles. The molecule has 3 atom stereocenters. The molecule has 0 spiro atoms. The van der Waals surface area contributed by atoms with Gasteiger partial charge < -0.3 is 24.6 Å². The molecule has 0 aromatic heterocycles. The highest BCUT2D eigenvalue weighted by molar-refractivity contribution is 7.47. The van der Waals surface area contributed by atoms with Crippen LogP contribution in [0, 0.1) is 0 Å². The van der Waals surface area contributed by atoms with Crippen molar-refractivity contribution in [1.82, 2.24) is 0 Å². The molecule has 0 aromatic carbocycles. The molecule has 1 unspecified atom stereocenters. The van der Waals surface area contributed by atoms with E-state index in [1.54, 1.807) is 0 Å². The van der Waals surface area contributed by atoms with Crippen LogP contribution in [0.5, 0.6) is 0 Å². The fourth-order valence-electron chi connectivity index (χ4n) is 4.92. The Morgan fingerprint density at radius 1 is 0.588 bits per heavy atom. The molecule has 0 amide bonds. The van der Waals surface area contributed by atoms with Gasteiger partial charge in [0.15, 0.2) is 6.10 Å². The van der Waals surface area contributed by atoms with Gasteiger partial charge in [0.25, 0.3) is 0 Å². The van der Waals surface area contributed by atoms with E-state index in [0.29, 0.717) is 12.8 Å². The van der Waals surface area contributed by atoms with Gasteiger partial charge in [-0.2, -0.15) is 0 Å². The van der Waals surface area contributed by atoms with Gasteiger partial charge in [-0.15, -0.1) is 0 Å². The second kappa shape index (κ2) is 36.3. The van der Waals surface area contributed by atoms with Crippen molar-refractivity contribution in [2.24, 2.45) is 0 Å². The van der Waals surface area contributed by atoms with Gasteiger partial charge in [0.05, 0.1) is 19.8 Å². The molecule has 0 rings (SSSR count). The quantitative estimate of drug-likeness (QED) is 0.0245. The summed E-state index contributed by atoms with van der Waals surface area (Å²) in [5, 5.41) is 18.3. The van der Waals surface area contributed by atoms with Gasteiger partial charge >= 0.3 is 19.8 Å². The zero-order valence-electron chi connectivity index (χ0n) is 31.8. The Morgan fingerprint density at radius 2 is 1.02 bits per heavy atom. The van der Waals surface area contributed by atoms with Crippen molar-refractivity contribution in [3.8, 4) is 0 Å². The van der Waals surface area contributed by atoms with Crippen LogP contribution in [0.3, 0.4) is 0 Å². The van der Waals surface area contributed by atoms with E-state index >= 15 is 0 Å². The van der Waals surface area contributed by atoms with E-state index in [2.05, 4.69) is 67.0 Å². The number of carbonyl (C=O) groups excluding carboxylic acids is 2. The summed E-state index contributed by atoms with van der Waals surface area (Å²) in [6.07, 6.45) is 36.6. The van der Waals surface area contributed by atoms with E-state index in [0.717, 1.165) is 57.8 Å². The number of aliphatic hydroxyl groups is 2. The molecule has 0 aliphatic rings. The molecule has 0 aliphatic carbocycles. The molecule has 0 radical (unpaired) electrons. The summed E-state index contributed by atoms with van der Waals surface area (Å²) in [7, 11) is -4.62. The second-order valence-electron chi connectivity index (χ2n) is 13.0. The Labute approximate surface area is 309 Å². The highest BCUT2D eigenvalue weighted by atomic mass is 31.2. The first-order valence-corrected chi connectivity index (χ1v) is 21.1. The van der Waals surface area contributed by atoms with Crippen LogP contribution in [0.25, 0.3) is 0 Å². The highest BCUT2D eigenvalue weighted by Crippen LogP contribution is 2.43. The molecule has 0 fully saturated rings. The van der Waals surface area contributed by atoms with Gasteiger partial charge in [-0.3, -0.25) is 18.6 Å². The molecular formula is C40H71O10P. The maximum atomic E-state index is 12.5. The molecule has 296 valence electrons. The van der Waals surface area contributed by atoms with E-state index in [1.165, 1.54) is 57.8 Å². The standard InChI is InChI=1S/C40H71O10P/c1-3-5-7-9-11-13-14-15-16-17-18-19-20-21-22-24-25-27-29-31-39(43)47-35-38(36-49-51(45,46)48-34-37(42)33-41)50-40(44)32-30-28-26-23-12-10-8-6-4-2/h11,13,15-16,18-19,21-22,37-38,41-42H,3-10,12,14,17,20,23-36H2,1-2H3,(H,45,46)/b13-11-,16-15-,19-18-,22-21-/t37-,38+/m0/s1. The number of unbranched alkanes of at least 4 members (excludes halogenated alkanes) is 14. The monoisotopic (exact) mass is 742 g/mol. The van der Waals surface area contributed by atoms with Crippen molar-refractivity contribution in [3.05, 3.63) is 48.6 Å². The second-order valence-corrected chi connectivity index (χ2v) is 14.4. The number of hydrogen-bond acceptors (Lipinski definition) is 9. The van der Waals surface area contributed by atoms with E-state index in [4.69, 9.17) is 19.1 Å². The van der Waals surface area contributed by atoms with E-state index in [9.17, 15) is 24.2 Å². The lowest BCUT2D eigenvalue weighted by atomic mass is 10.1. The number of ether oxygens (including phenoxy) is 2. The molecule has 0 saturated heterocycles. The SMILES string of the molecule is CCCCC/C=C\C/C=C\C/C=C\C/C=C\CCCCCC(=O)OC[C@H](COP(=O)(O)OC[C@@H](O)CO)OC(=O)CCCCCCCCCCC. The van der Waals surface area contributed by atoms with Gasteiger partial charge in [0.1, 0.15) is 12.7 Å². The van der Waals surface area contributed by atoms with Gasteiger partial charge in [0, 0.05) is 12.8 Å². The molecule has 51 heavy (non-hydrogen) atoms. The molecule has 3 N–H and O–H groups in total. The lowest BCUT2D eigenvalue weighted by molar-refractivity contribution is -0.161. The topological polar surface area (TPSA) is 149 Å². The van der Waals surface area contributed by atoms with Crippen molar-refractivity contribution in [2.45, 2.75) is 167 Å². The normalized spacial score (nSPS) is 14.5. The van der Waals surface area contributed by atoms with Gasteiger partial charge in [0.2, 0.25) is 0 Å². The Bertz CT molecular complexity index is 994. The first kappa shape index (κ1) is 48.9. The third kappa shape index (κ3) is 36.1. The number of phosphoric acid groups is 1. The Hall–Kier alpha value is -2.07. The zero-order chi connectivity index (χ0) is 37.7. The average molecular weight is 743 g/mol. The van der Waals surface area contributed by atoms with E-state index in [-0.39, 0.29) is 19.4 Å². The van der Waals surface area contributed by atoms with Crippen molar-refractivity contribution in [1.29, 1.82) is 0 Å². The summed E-state index contributed by atoms with van der Waals surface area (Å²) >= 11 is 0. The van der Waals surface area contributed by atoms with Crippen LogP contribution in [0.1, 0.15) is 155 Å². The van der Waals surface area contributed by atoms with Crippen molar-refractivity contribution >= 4 is 19.8 Å². The molecular weight excluding hydrogens is 671 g/mol. The zero-order valence-corrected chi connectivity index (χ0v) is 32.7. The van der Waals surface area contributed by atoms with Gasteiger partial charge in [-0.25, -0.2) is 4.57 Å². The lowest BCUT2D eigenvalue weighted by Gasteiger charge is -2.20. The number of aliphatic hydroxyl groups excluding tert-OH is 2. The van der Waals surface area contributed by atoms with Gasteiger partial charge in [-0.1, -0.05) is 133 Å². The molecule has 0 aliphatic heterocycles. The highest BCUT2D eigenvalue weighted by Gasteiger charge is 2.27. The number of esters is 2. The summed E-state index contributed by atoms with van der Waals surface area (Å²) in [6, 6.07) is 0. The number of carbonyl (C=O) groups is 2. The van der Waals surface area contributed by atoms with Crippen LogP contribution < -0.4 is 0 Å². The first-order valence-electron chi connectivity index (χ1n) is 19.6. The molecule has 10 nitrogen and oxygen atoms in total. The smallest absolute Gasteiger partial charge is 0.462 e. The minimum Gasteiger partial charge on any atom is -0.462 e. The Balaban J connectivity index is 4.36. The summed E-state index contributed by atoms with van der Waals surface area (Å²) in [4.78, 5) is 34.8. The van der Waals surface area contributed by atoms with Gasteiger partial charge in [-0.05, 0) is 57.8 Å². The van der Waals surface area contributed by atoms with E-state index in [1.807, 2.05) is 0 Å². The minimum absolute atomic E-state index is 0.176. The minimum atomic E-state index is -4.62. The van der Waals surface area contributed by atoms with Crippen LogP contribution in [-0.4, -0.2) is 65.7 Å². The number of allylic oxidation sites excluding steroid dienone is 8. The molecule has 0 aromatic rings. The predicted molar refractivity (Wildman–Crippen MR) is 205 cm³/mol. The lowest BCUT2D eigenvalue weighted by Crippen LogP contribution is -2.29.